The van der Waals surface area contributed by atoms with E-state index in [-0.39, 0.29) is 18.1 Å². The van der Waals surface area contributed by atoms with Crippen LogP contribution >= 0.6 is 38.5 Å². The fourth-order valence-electron chi connectivity index (χ4n) is 3.11. The molecule has 1 heterocycles. The second kappa shape index (κ2) is 9.65. The van der Waals surface area contributed by atoms with Gasteiger partial charge in [0.15, 0.2) is 0 Å². The lowest BCUT2D eigenvalue weighted by Crippen LogP contribution is -2.30. The number of hydrogen-bond acceptors (Lipinski definition) is 3. The van der Waals surface area contributed by atoms with Gasteiger partial charge in [0.2, 0.25) is 0 Å². The molecule has 0 radical (unpaired) electrons. The van der Waals surface area contributed by atoms with Crippen molar-refractivity contribution in [3.63, 3.8) is 0 Å². The van der Waals surface area contributed by atoms with Crippen LogP contribution < -0.4 is 10.1 Å². The summed E-state index contributed by atoms with van der Waals surface area (Å²) >= 11 is 5.59. The van der Waals surface area contributed by atoms with E-state index in [0.717, 1.165) is 30.5 Å². The van der Waals surface area contributed by atoms with Gasteiger partial charge in [-0.25, -0.2) is 4.79 Å². The molecule has 3 aromatic rings. The van der Waals surface area contributed by atoms with Crippen LogP contribution in [0.15, 0.2) is 83.0 Å². The molecule has 0 unspecified atom stereocenters. The minimum atomic E-state index is -0.420. The summed E-state index contributed by atoms with van der Waals surface area (Å²) in [5.74, 6) is 0.428. The van der Waals surface area contributed by atoms with E-state index in [1.165, 1.54) is 4.90 Å². The topological polar surface area (TPSA) is 58.6 Å². The molecule has 0 atom stereocenters. The van der Waals surface area contributed by atoms with Crippen LogP contribution in [0.1, 0.15) is 16.7 Å². The number of nitrogens with one attached hydrogen (secondary N) is 1. The van der Waals surface area contributed by atoms with E-state index in [1.807, 2.05) is 72.8 Å². The minimum Gasteiger partial charge on any atom is -0.488 e. The third-order valence-electron chi connectivity index (χ3n) is 4.72. The van der Waals surface area contributed by atoms with E-state index in [1.54, 1.807) is 6.08 Å². The van der Waals surface area contributed by atoms with E-state index in [0.29, 0.717) is 6.61 Å². The Morgan fingerprint density at radius 2 is 1.71 bits per heavy atom. The van der Waals surface area contributed by atoms with E-state index < -0.39 is 6.03 Å². The van der Waals surface area contributed by atoms with Crippen molar-refractivity contribution in [2.45, 2.75) is 13.2 Å². The lowest BCUT2D eigenvalue weighted by molar-refractivity contribution is -0.123. The van der Waals surface area contributed by atoms with Gasteiger partial charge in [-0.2, -0.15) is 0 Å². The van der Waals surface area contributed by atoms with Crippen molar-refractivity contribution >= 4 is 56.5 Å². The Morgan fingerprint density at radius 3 is 2.42 bits per heavy atom. The van der Waals surface area contributed by atoms with Crippen LogP contribution in [0.4, 0.5) is 4.79 Å². The summed E-state index contributed by atoms with van der Waals surface area (Å²) in [6.07, 6.45) is 1.69. The first kappa shape index (κ1) is 21.6. The predicted molar refractivity (Wildman–Crippen MR) is 131 cm³/mol. The normalized spacial score (nSPS) is 14.8. The highest BCUT2D eigenvalue weighted by Crippen LogP contribution is 2.25. The molecule has 1 N–H and O–H groups in total. The molecule has 0 spiro atoms. The average Bonchev–Trinajstić information content (AvgIpc) is 3.03. The van der Waals surface area contributed by atoms with Gasteiger partial charge in [-0.15, -0.1) is 0 Å². The Hall–Kier alpha value is -2.65. The van der Waals surface area contributed by atoms with Crippen LogP contribution in [-0.2, 0) is 17.9 Å². The lowest BCUT2D eigenvalue weighted by Gasteiger charge is -2.11. The summed E-state index contributed by atoms with van der Waals surface area (Å²) in [7, 11) is 0. The van der Waals surface area contributed by atoms with Crippen LogP contribution in [0.5, 0.6) is 5.75 Å². The first-order chi connectivity index (χ1) is 15.0. The highest BCUT2D eigenvalue weighted by Gasteiger charge is 2.33. The number of nitrogens with zero attached hydrogens (tertiary/aromatic N) is 1. The van der Waals surface area contributed by atoms with Gasteiger partial charge < -0.3 is 10.1 Å². The molecule has 0 aromatic heterocycles. The molecular weight excluding hydrogens is 571 g/mol. The van der Waals surface area contributed by atoms with E-state index >= 15 is 0 Å². The van der Waals surface area contributed by atoms with Crippen molar-refractivity contribution in [1.29, 1.82) is 0 Å². The van der Waals surface area contributed by atoms with Gasteiger partial charge in [0.1, 0.15) is 18.1 Å². The summed E-state index contributed by atoms with van der Waals surface area (Å²) in [4.78, 5) is 26.3. The van der Waals surface area contributed by atoms with Gasteiger partial charge in [0.25, 0.3) is 5.91 Å². The Morgan fingerprint density at radius 1 is 0.968 bits per heavy atom. The molecule has 0 bridgehead atoms. The van der Waals surface area contributed by atoms with Gasteiger partial charge in [-0.1, -0.05) is 64.5 Å². The van der Waals surface area contributed by atoms with Gasteiger partial charge in [-0.05, 0) is 69.6 Å². The van der Waals surface area contributed by atoms with Crippen molar-refractivity contribution in [2.75, 3.05) is 0 Å². The number of amides is 3. The van der Waals surface area contributed by atoms with Gasteiger partial charge >= 0.3 is 6.03 Å². The molecule has 7 heteroatoms. The number of benzene rings is 3. The molecule has 1 aliphatic rings. The Bertz CT molecular complexity index is 1150. The standard InChI is InChI=1S/C24H18BrIN2O3/c25-19-9-6-16(7-10-19)14-28-23(29)21(27-24(28)30)13-18-8-11-22(20(26)12-18)31-15-17-4-2-1-3-5-17/h1-13H,14-15H2,(H,27,30)/b21-13+. The molecule has 0 aliphatic carbocycles. The molecule has 1 aliphatic heterocycles. The predicted octanol–water partition coefficient (Wildman–Crippen LogP) is 5.73. The number of halogens is 2. The zero-order valence-corrected chi connectivity index (χ0v) is 20.1. The molecule has 0 saturated carbocycles. The monoisotopic (exact) mass is 588 g/mol. The molecule has 156 valence electrons. The number of hydrogen-bond donors (Lipinski definition) is 1. The molecule has 4 rings (SSSR count). The number of urea groups is 1. The van der Waals surface area contributed by atoms with Crippen molar-refractivity contribution in [3.8, 4) is 5.75 Å². The second-order valence-corrected chi connectivity index (χ2v) is 9.05. The largest absolute Gasteiger partial charge is 0.488 e. The maximum atomic E-state index is 12.7. The fraction of sp³-hybridized carbons (Fsp3) is 0.0833. The SMILES string of the molecule is O=C1N/C(=C/c2ccc(OCc3ccccc3)c(I)c2)C(=O)N1Cc1ccc(Br)cc1. The number of carbonyl (C=O) groups is 2. The second-order valence-electron chi connectivity index (χ2n) is 6.97. The van der Waals surface area contributed by atoms with E-state index in [9.17, 15) is 9.59 Å². The quantitative estimate of drug-likeness (QED) is 0.227. The number of ether oxygens (including phenoxy) is 1. The third-order valence-corrected chi connectivity index (χ3v) is 6.09. The third kappa shape index (κ3) is 5.34. The number of imide groups is 1. The van der Waals surface area contributed by atoms with Crippen LogP contribution in [0.25, 0.3) is 6.08 Å². The van der Waals surface area contributed by atoms with Crippen LogP contribution in [0, 0.1) is 3.57 Å². The zero-order chi connectivity index (χ0) is 21.8. The summed E-state index contributed by atoms with van der Waals surface area (Å²) in [6, 6.07) is 22.7. The minimum absolute atomic E-state index is 0.221. The summed E-state index contributed by atoms with van der Waals surface area (Å²) < 4.78 is 7.77. The summed E-state index contributed by atoms with van der Waals surface area (Å²) in [5.41, 5.74) is 3.04. The maximum absolute atomic E-state index is 12.7. The van der Waals surface area contributed by atoms with Gasteiger partial charge in [-0.3, -0.25) is 9.69 Å². The van der Waals surface area contributed by atoms with Crippen molar-refractivity contribution in [3.05, 3.63) is 103 Å². The van der Waals surface area contributed by atoms with Crippen LogP contribution in [0.2, 0.25) is 0 Å². The van der Waals surface area contributed by atoms with Crippen molar-refractivity contribution < 1.29 is 14.3 Å². The molecule has 3 aromatic carbocycles. The van der Waals surface area contributed by atoms with Crippen molar-refractivity contribution in [1.82, 2.24) is 10.2 Å². The highest BCUT2D eigenvalue weighted by molar-refractivity contribution is 14.1. The molecular formula is C24H18BrIN2O3. The first-order valence-corrected chi connectivity index (χ1v) is 11.4. The van der Waals surface area contributed by atoms with E-state index in [4.69, 9.17) is 4.74 Å². The smallest absolute Gasteiger partial charge is 0.329 e. The zero-order valence-electron chi connectivity index (χ0n) is 16.3. The Labute approximate surface area is 202 Å². The molecule has 5 nitrogen and oxygen atoms in total. The lowest BCUT2D eigenvalue weighted by atomic mass is 10.1. The molecule has 3 amide bonds. The summed E-state index contributed by atoms with van der Waals surface area (Å²) in [6.45, 7) is 0.704. The van der Waals surface area contributed by atoms with E-state index in [2.05, 4.69) is 43.8 Å². The Kier molecular flexibility index (Phi) is 6.72. The fourth-order valence-corrected chi connectivity index (χ4v) is 4.07. The average molecular weight is 589 g/mol. The van der Waals surface area contributed by atoms with Crippen LogP contribution in [-0.4, -0.2) is 16.8 Å². The highest BCUT2D eigenvalue weighted by atomic mass is 127. The number of carbonyl (C=O) groups excluding carboxylic acids is 2. The number of rotatable bonds is 6. The summed E-state index contributed by atoms with van der Waals surface area (Å²) in [5, 5.41) is 2.67. The molecule has 1 saturated heterocycles. The van der Waals surface area contributed by atoms with Crippen molar-refractivity contribution in [2.24, 2.45) is 0 Å². The Balaban J connectivity index is 1.45. The van der Waals surface area contributed by atoms with Gasteiger partial charge in [0.05, 0.1) is 10.1 Å². The maximum Gasteiger partial charge on any atom is 0.329 e. The van der Waals surface area contributed by atoms with Crippen LogP contribution in [0.3, 0.4) is 0 Å². The molecule has 1 fully saturated rings. The first-order valence-electron chi connectivity index (χ1n) is 9.55. The molecule has 31 heavy (non-hydrogen) atoms. The van der Waals surface area contributed by atoms with Gasteiger partial charge in [0, 0.05) is 4.47 Å².